The van der Waals surface area contributed by atoms with Gasteiger partial charge in [0.2, 0.25) is 0 Å². The number of thiocarbonyl (C=S) groups is 1. The van der Waals surface area contributed by atoms with Crippen molar-refractivity contribution in [2.75, 3.05) is 10.7 Å². The van der Waals surface area contributed by atoms with Crippen LogP contribution in [-0.4, -0.2) is 5.11 Å². The van der Waals surface area contributed by atoms with Crippen LogP contribution in [-0.2, 0) is 0 Å². The van der Waals surface area contributed by atoms with Gasteiger partial charge < -0.3 is 5.32 Å². The van der Waals surface area contributed by atoms with Gasteiger partial charge in [0, 0.05) is 10.2 Å². The van der Waals surface area contributed by atoms with Gasteiger partial charge in [-0.15, -0.1) is 0 Å². The van der Waals surface area contributed by atoms with Gasteiger partial charge in [0.05, 0.1) is 5.69 Å². The Morgan fingerprint density at radius 3 is 2.65 bits per heavy atom. The highest BCUT2D eigenvalue weighted by Crippen LogP contribution is 2.15. The summed E-state index contributed by atoms with van der Waals surface area (Å²) in [5.74, 6) is -0.266. The highest BCUT2D eigenvalue weighted by Gasteiger charge is 2.01. The average molecular weight is 354 g/mol. The van der Waals surface area contributed by atoms with Crippen molar-refractivity contribution in [3.05, 3.63) is 58.3 Å². The molecule has 0 aromatic heterocycles. The topological polar surface area (TPSA) is 36.1 Å². The second-order valence-electron chi connectivity index (χ2n) is 4.18. The van der Waals surface area contributed by atoms with Crippen LogP contribution in [0.3, 0.4) is 0 Å². The Morgan fingerprint density at radius 2 is 1.95 bits per heavy atom. The fourth-order valence-electron chi connectivity index (χ4n) is 1.53. The van der Waals surface area contributed by atoms with Crippen LogP contribution in [0.2, 0.25) is 0 Å². The molecule has 104 valence electrons. The fraction of sp³-hybridized carbons (Fsp3) is 0.0714. The Bertz CT molecular complexity index is 634. The van der Waals surface area contributed by atoms with Gasteiger partial charge in [-0.1, -0.05) is 28.1 Å². The molecule has 0 aliphatic rings. The summed E-state index contributed by atoms with van der Waals surface area (Å²) < 4.78 is 14.4. The number of halogens is 2. The summed E-state index contributed by atoms with van der Waals surface area (Å²) in [5, 5.41) is 3.26. The zero-order valence-corrected chi connectivity index (χ0v) is 13.1. The molecule has 2 rings (SSSR count). The summed E-state index contributed by atoms with van der Waals surface area (Å²) in [6, 6.07) is 12.5. The number of nitrogens with one attached hydrogen (secondary N) is 3. The molecule has 0 saturated heterocycles. The normalized spacial score (nSPS) is 9.95. The van der Waals surface area contributed by atoms with E-state index in [9.17, 15) is 4.39 Å². The molecule has 0 radical (unpaired) electrons. The molecule has 0 atom stereocenters. The third kappa shape index (κ3) is 4.18. The van der Waals surface area contributed by atoms with E-state index in [1.165, 1.54) is 6.07 Å². The number of benzene rings is 2. The SMILES string of the molecule is Cc1ccc(NC(=S)NNc2cccc(Br)c2)cc1F. The van der Waals surface area contributed by atoms with E-state index in [2.05, 4.69) is 32.1 Å². The van der Waals surface area contributed by atoms with Crippen LogP contribution >= 0.6 is 28.1 Å². The van der Waals surface area contributed by atoms with Crippen molar-refractivity contribution >= 4 is 44.6 Å². The highest BCUT2D eigenvalue weighted by molar-refractivity contribution is 9.10. The Balaban J connectivity index is 1.91. The van der Waals surface area contributed by atoms with Crippen LogP contribution in [0.5, 0.6) is 0 Å². The van der Waals surface area contributed by atoms with Gasteiger partial charge in [-0.25, -0.2) is 4.39 Å². The molecule has 2 aromatic rings. The summed E-state index contributed by atoms with van der Waals surface area (Å²) in [5.41, 5.74) is 7.85. The molecule has 6 heteroatoms. The molecule has 3 N–H and O–H groups in total. The lowest BCUT2D eigenvalue weighted by molar-refractivity contribution is 0.619. The number of rotatable bonds is 3. The number of anilines is 2. The zero-order valence-electron chi connectivity index (χ0n) is 10.7. The van der Waals surface area contributed by atoms with E-state index in [4.69, 9.17) is 12.2 Å². The zero-order chi connectivity index (χ0) is 14.5. The van der Waals surface area contributed by atoms with E-state index in [1.54, 1.807) is 19.1 Å². The first-order valence-corrected chi connectivity index (χ1v) is 7.09. The first-order valence-electron chi connectivity index (χ1n) is 5.89. The monoisotopic (exact) mass is 353 g/mol. The smallest absolute Gasteiger partial charge is 0.189 e. The molecular weight excluding hydrogens is 341 g/mol. The molecule has 3 nitrogen and oxygen atoms in total. The molecule has 0 unspecified atom stereocenters. The van der Waals surface area contributed by atoms with E-state index in [1.807, 2.05) is 24.3 Å². The van der Waals surface area contributed by atoms with E-state index >= 15 is 0 Å². The highest BCUT2D eigenvalue weighted by atomic mass is 79.9. The Hall–Kier alpha value is -1.66. The van der Waals surface area contributed by atoms with Crippen LogP contribution in [0.4, 0.5) is 15.8 Å². The van der Waals surface area contributed by atoms with Crippen LogP contribution in [0.15, 0.2) is 46.9 Å². The third-order valence-corrected chi connectivity index (χ3v) is 3.27. The van der Waals surface area contributed by atoms with Gasteiger partial charge in [0.25, 0.3) is 0 Å². The lowest BCUT2D eigenvalue weighted by Gasteiger charge is -2.13. The minimum Gasteiger partial charge on any atom is -0.331 e. The molecule has 0 fully saturated rings. The maximum atomic E-state index is 13.4. The lowest BCUT2D eigenvalue weighted by Crippen LogP contribution is -2.33. The molecule has 0 aliphatic carbocycles. The Morgan fingerprint density at radius 1 is 1.15 bits per heavy atom. The number of hydrogen-bond acceptors (Lipinski definition) is 2. The summed E-state index contributed by atoms with van der Waals surface area (Å²) in [6.07, 6.45) is 0. The molecule has 2 aromatic carbocycles. The largest absolute Gasteiger partial charge is 0.331 e. The Kier molecular flexibility index (Phi) is 4.92. The summed E-state index contributed by atoms with van der Waals surface area (Å²) >= 11 is 8.50. The van der Waals surface area contributed by atoms with Crippen LogP contribution in [0, 0.1) is 12.7 Å². The molecule has 0 amide bonds. The fourth-order valence-corrected chi connectivity index (χ4v) is 2.10. The van der Waals surface area contributed by atoms with E-state index in [-0.39, 0.29) is 5.82 Å². The summed E-state index contributed by atoms with van der Waals surface area (Å²) in [4.78, 5) is 0. The Labute approximate surface area is 130 Å². The predicted octanol–water partition coefficient (Wildman–Crippen LogP) is 4.21. The molecular formula is C14H13BrFN3S. The number of hydrogen-bond donors (Lipinski definition) is 3. The van der Waals surface area contributed by atoms with Crippen molar-refractivity contribution in [3.8, 4) is 0 Å². The van der Waals surface area contributed by atoms with Crippen molar-refractivity contribution in [1.29, 1.82) is 0 Å². The van der Waals surface area contributed by atoms with Gasteiger partial charge >= 0.3 is 0 Å². The van der Waals surface area contributed by atoms with Gasteiger partial charge in [-0.2, -0.15) is 0 Å². The van der Waals surface area contributed by atoms with Gasteiger partial charge in [-0.05, 0) is 55.0 Å². The molecule has 0 saturated carbocycles. The lowest BCUT2D eigenvalue weighted by atomic mass is 10.2. The standard InChI is InChI=1S/C14H13BrFN3S/c1-9-5-6-11(8-13(9)16)17-14(20)19-18-12-4-2-3-10(15)7-12/h2-8,18H,1H3,(H2,17,19,20). The quantitative estimate of drug-likeness (QED) is 0.570. The summed E-state index contributed by atoms with van der Waals surface area (Å²) in [6.45, 7) is 1.71. The van der Waals surface area contributed by atoms with Crippen LogP contribution in [0.1, 0.15) is 5.56 Å². The molecule has 20 heavy (non-hydrogen) atoms. The van der Waals surface area contributed by atoms with Gasteiger partial charge in [-0.3, -0.25) is 10.9 Å². The summed E-state index contributed by atoms with van der Waals surface area (Å²) in [7, 11) is 0. The van der Waals surface area contributed by atoms with Crippen LogP contribution < -0.4 is 16.2 Å². The molecule has 0 heterocycles. The minimum atomic E-state index is -0.266. The third-order valence-electron chi connectivity index (χ3n) is 2.57. The van der Waals surface area contributed by atoms with Crippen molar-refractivity contribution in [1.82, 2.24) is 5.43 Å². The van der Waals surface area contributed by atoms with Gasteiger partial charge in [0.1, 0.15) is 5.82 Å². The first-order chi connectivity index (χ1) is 9.54. The number of hydrazine groups is 1. The molecule has 0 bridgehead atoms. The average Bonchev–Trinajstić information content (AvgIpc) is 2.41. The predicted molar refractivity (Wildman–Crippen MR) is 88.3 cm³/mol. The van der Waals surface area contributed by atoms with Crippen molar-refractivity contribution in [2.45, 2.75) is 6.92 Å². The molecule has 0 aliphatic heterocycles. The van der Waals surface area contributed by atoms with Crippen LogP contribution in [0.25, 0.3) is 0 Å². The number of aryl methyl sites for hydroxylation is 1. The molecule has 0 spiro atoms. The van der Waals surface area contributed by atoms with Gasteiger partial charge in [0.15, 0.2) is 5.11 Å². The maximum Gasteiger partial charge on any atom is 0.189 e. The van der Waals surface area contributed by atoms with E-state index < -0.39 is 0 Å². The second kappa shape index (κ2) is 6.67. The maximum absolute atomic E-state index is 13.4. The van der Waals surface area contributed by atoms with Crippen molar-refractivity contribution in [3.63, 3.8) is 0 Å². The second-order valence-corrected chi connectivity index (χ2v) is 5.50. The van der Waals surface area contributed by atoms with E-state index in [0.29, 0.717) is 16.4 Å². The first kappa shape index (κ1) is 14.7. The van der Waals surface area contributed by atoms with Crippen molar-refractivity contribution in [2.24, 2.45) is 0 Å². The van der Waals surface area contributed by atoms with E-state index in [0.717, 1.165) is 10.2 Å². The minimum absolute atomic E-state index is 0.266. The van der Waals surface area contributed by atoms with Crippen molar-refractivity contribution < 1.29 is 4.39 Å².